The lowest BCUT2D eigenvalue weighted by Gasteiger charge is -2.24. The molecule has 3 N–H and O–H groups in total. The molecule has 10 nitrogen and oxygen atoms in total. The number of anilines is 2. The molecule has 0 aliphatic carbocycles. The fraction of sp³-hybridized carbons (Fsp3) is 0.500. The maximum Gasteiger partial charge on any atom is 0.342 e. The number of esters is 1. The highest BCUT2D eigenvalue weighted by Crippen LogP contribution is 2.19. The Morgan fingerprint density at radius 1 is 1.23 bits per heavy atom. The zero-order valence-electron chi connectivity index (χ0n) is 17.7. The van der Waals surface area contributed by atoms with Gasteiger partial charge in [-0.1, -0.05) is 20.3 Å². The van der Waals surface area contributed by atoms with E-state index in [2.05, 4.69) is 4.98 Å². The number of hydrogen-bond acceptors (Lipinski definition) is 7. The van der Waals surface area contributed by atoms with E-state index in [1.54, 1.807) is 13.8 Å². The quantitative estimate of drug-likeness (QED) is 0.589. The number of amides is 1. The first kappa shape index (κ1) is 23.0. The smallest absolute Gasteiger partial charge is 0.342 e. The third-order valence-electron chi connectivity index (χ3n) is 4.56. The minimum atomic E-state index is -0.762. The molecule has 0 radical (unpaired) electrons. The van der Waals surface area contributed by atoms with Gasteiger partial charge in [0.2, 0.25) is 0 Å². The summed E-state index contributed by atoms with van der Waals surface area (Å²) in [4.78, 5) is 53.1. The van der Waals surface area contributed by atoms with Gasteiger partial charge in [0.25, 0.3) is 11.5 Å². The highest BCUT2D eigenvalue weighted by atomic mass is 16.5. The number of hydrogen-bond donors (Lipinski definition) is 2. The van der Waals surface area contributed by atoms with Gasteiger partial charge in [-0.05, 0) is 32.8 Å². The molecule has 1 amide bonds. The largest absolute Gasteiger partial charge is 0.466 e. The zero-order chi connectivity index (χ0) is 22.4. The van der Waals surface area contributed by atoms with E-state index < -0.39 is 29.7 Å². The van der Waals surface area contributed by atoms with Crippen LogP contribution in [0.1, 0.15) is 55.0 Å². The predicted molar refractivity (Wildman–Crippen MR) is 112 cm³/mol. The fourth-order valence-corrected chi connectivity index (χ4v) is 3.08. The van der Waals surface area contributed by atoms with Gasteiger partial charge in [0.05, 0.1) is 0 Å². The molecule has 10 heteroatoms. The Labute approximate surface area is 173 Å². The lowest BCUT2D eigenvalue weighted by atomic mass is 10.2. The van der Waals surface area contributed by atoms with Crippen LogP contribution in [0.4, 0.5) is 11.5 Å². The van der Waals surface area contributed by atoms with E-state index in [0.717, 1.165) is 6.42 Å². The van der Waals surface area contributed by atoms with E-state index in [9.17, 15) is 19.2 Å². The molecule has 0 fully saturated rings. The molecule has 2 rings (SSSR count). The van der Waals surface area contributed by atoms with Gasteiger partial charge in [0, 0.05) is 13.1 Å². The molecule has 2 aromatic rings. The Kier molecular flexibility index (Phi) is 7.62. The number of furan rings is 1. The van der Waals surface area contributed by atoms with Gasteiger partial charge < -0.3 is 19.8 Å². The molecule has 0 unspecified atom stereocenters. The Hall–Kier alpha value is -3.30. The summed E-state index contributed by atoms with van der Waals surface area (Å²) in [6, 6.07) is 1.53. The van der Waals surface area contributed by atoms with Crippen molar-refractivity contribution in [3.05, 3.63) is 44.0 Å². The molecule has 0 saturated heterocycles. The third-order valence-corrected chi connectivity index (χ3v) is 4.56. The number of aromatic nitrogens is 2. The molecule has 30 heavy (non-hydrogen) atoms. The number of carbonyl (C=O) groups excluding carboxylic acids is 2. The molecular formula is C20H28N4O6. The van der Waals surface area contributed by atoms with E-state index in [1.165, 1.54) is 15.5 Å². The highest BCUT2D eigenvalue weighted by Gasteiger charge is 2.25. The van der Waals surface area contributed by atoms with Gasteiger partial charge in [-0.15, -0.1) is 0 Å². The van der Waals surface area contributed by atoms with Crippen LogP contribution in [0.15, 0.2) is 20.1 Å². The van der Waals surface area contributed by atoms with Crippen LogP contribution in [0.3, 0.4) is 0 Å². The van der Waals surface area contributed by atoms with Crippen LogP contribution in [-0.4, -0.2) is 34.6 Å². The fourth-order valence-electron chi connectivity index (χ4n) is 3.08. The van der Waals surface area contributed by atoms with Crippen molar-refractivity contribution in [1.29, 1.82) is 0 Å². The van der Waals surface area contributed by atoms with Crippen molar-refractivity contribution >= 4 is 23.4 Å². The molecule has 0 aromatic carbocycles. The van der Waals surface area contributed by atoms with Gasteiger partial charge in [-0.25, -0.2) is 9.59 Å². The first-order valence-electron chi connectivity index (χ1n) is 9.88. The second-order valence-electron chi connectivity index (χ2n) is 6.95. The molecule has 0 spiro atoms. The lowest BCUT2D eigenvalue weighted by molar-refractivity contribution is -0.121. The summed E-state index contributed by atoms with van der Waals surface area (Å²) in [6.07, 6.45) is 1.95. The van der Waals surface area contributed by atoms with Crippen LogP contribution in [0, 0.1) is 13.8 Å². The van der Waals surface area contributed by atoms with Crippen molar-refractivity contribution in [2.75, 3.05) is 23.8 Å². The second-order valence-corrected chi connectivity index (χ2v) is 6.95. The van der Waals surface area contributed by atoms with Crippen LogP contribution < -0.4 is 21.9 Å². The summed E-state index contributed by atoms with van der Waals surface area (Å²) in [5, 5.41) is 0. The van der Waals surface area contributed by atoms with E-state index in [-0.39, 0.29) is 23.6 Å². The van der Waals surface area contributed by atoms with Gasteiger partial charge >= 0.3 is 11.7 Å². The number of nitrogens with two attached hydrogens (primary N) is 1. The Morgan fingerprint density at radius 3 is 2.50 bits per heavy atom. The van der Waals surface area contributed by atoms with Crippen molar-refractivity contribution < 1.29 is 18.7 Å². The molecule has 164 valence electrons. The number of ether oxygens (including phenoxy) is 1. The maximum absolute atomic E-state index is 12.9. The number of nitrogens with one attached hydrogen (secondary N) is 1. The molecular weight excluding hydrogens is 392 g/mol. The number of nitrogens with zero attached hydrogens (tertiary/aromatic N) is 2. The zero-order valence-corrected chi connectivity index (χ0v) is 17.7. The first-order chi connectivity index (χ1) is 14.2. The first-order valence-corrected chi connectivity index (χ1v) is 9.88. The van der Waals surface area contributed by atoms with E-state index >= 15 is 0 Å². The Balaban J connectivity index is 2.31. The molecule has 0 atom stereocenters. The van der Waals surface area contributed by atoms with Gasteiger partial charge in [0.1, 0.15) is 22.9 Å². The van der Waals surface area contributed by atoms with Crippen molar-refractivity contribution in [3.63, 3.8) is 0 Å². The minimum absolute atomic E-state index is 0.0947. The monoisotopic (exact) mass is 420 g/mol. The van der Waals surface area contributed by atoms with Crippen LogP contribution in [0.5, 0.6) is 0 Å². The van der Waals surface area contributed by atoms with Crippen LogP contribution in [0.25, 0.3) is 0 Å². The van der Waals surface area contributed by atoms with Crippen LogP contribution in [0.2, 0.25) is 0 Å². The normalized spacial score (nSPS) is 10.8. The highest BCUT2D eigenvalue weighted by molar-refractivity contribution is 5.98. The SMILES string of the molecule is CCCCN(C(=O)COC(=O)c1cc(C)oc1C)c1c(N)n(CCC)c(=O)[nH]c1=O. The van der Waals surface area contributed by atoms with Gasteiger partial charge in [0.15, 0.2) is 12.3 Å². The second kappa shape index (κ2) is 9.95. The number of nitrogen functional groups attached to an aromatic ring is 1. The number of unbranched alkanes of at least 4 members (excludes halogenated alkanes) is 1. The molecule has 0 aliphatic heterocycles. The van der Waals surface area contributed by atoms with E-state index in [4.69, 9.17) is 14.9 Å². The summed E-state index contributed by atoms with van der Waals surface area (Å²) in [6.45, 7) is 7.00. The van der Waals surface area contributed by atoms with E-state index in [0.29, 0.717) is 30.9 Å². The summed E-state index contributed by atoms with van der Waals surface area (Å²) in [5.74, 6) is -0.477. The van der Waals surface area contributed by atoms with Crippen molar-refractivity contribution in [1.82, 2.24) is 9.55 Å². The summed E-state index contributed by atoms with van der Waals surface area (Å²) in [7, 11) is 0. The number of H-pyrrole nitrogens is 1. The van der Waals surface area contributed by atoms with Crippen LogP contribution in [-0.2, 0) is 16.1 Å². The summed E-state index contributed by atoms with van der Waals surface area (Å²) in [5.41, 5.74) is 4.80. The molecule has 0 bridgehead atoms. The average Bonchev–Trinajstić information content (AvgIpc) is 3.03. The maximum atomic E-state index is 12.9. The van der Waals surface area contributed by atoms with Crippen molar-refractivity contribution in [2.24, 2.45) is 0 Å². The third kappa shape index (κ3) is 5.00. The number of carbonyl (C=O) groups is 2. The number of rotatable bonds is 9. The molecule has 2 heterocycles. The number of aromatic amines is 1. The van der Waals surface area contributed by atoms with Crippen molar-refractivity contribution in [2.45, 2.75) is 53.5 Å². The standard InChI is InChI=1S/C20H28N4O6/c1-5-7-9-23(16-17(21)24(8-6-2)20(28)22-18(16)26)15(25)11-29-19(27)14-10-12(3)30-13(14)4/h10H,5-9,11,21H2,1-4H3,(H,22,26,28). The van der Waals surface area contributed by atoms with Crippen LogP contribution >= 0.6 is 0 Å². The molecule has 0 saturated carbocycles. The van der Waals surface area contributed by atoms with Gasteiger partial charge in [-0.2, -0.15) is 0 Å². The van der Waals surface area contributed by atoms with E-state index in [1.807, 2.05) is 13.8 Å². The molecule has 2 aromatic heterocycles. The Bertz CT molecular complexity index is 1030. The molecule has 0 aliphatic rings. The minimum Gasteiger partial charge on any atom is -0.466 e. The van der Waals surface area contributed by atoms with Gasteiger partial charge in [-0.3, -0.25) is 19.1 Å². The number of aryl methyl sites for hydroxylation is 2. The Morgan fingerprint density at radius 2 is 1.93 bits per heavy atom. The topological polar surface area (TPSA) is 141 Å². The average molecular weight is 420 g/mol. The predicted octanol–water partition coefficient (Wildman–Crippen LogP) is 1.73. The summed E-state index contributed by atoms with van der Waals surface area (Å²) < 4.78 is 11.7. The summed E-state index contributed by atoms with van der Waals surface area (Å²) >= 11 is 0. The lowest BCUT2D eigenvalue weighted by Crippen LogP contribution is -2.43. The van der Waals surface area contributed by atoms with Crippen molar-refractivity contribution in [3.8, 4) is 0 Å².